The molecule has 2 aliphatic carbocycles. The van der Waals surface area contributed by atoms with E-state index in [9.17, 15) is 4.79 Å². The highest BCUT2D eigenvalue weighted by Gasteiger charge is 2.32. The van der Waals surface area contributed by atoms with Crippen LogP contribution >= 0.6 is 11.8 Å². The van der Waals surface area contributed by atoms with Crippen LogP contribution < -0.4 is 0 Å². The van der Waals surface area contributed by atoms with Gasteiger partial charge in [0.15, 0.2) is 10.9 Å². The van der Waals surface area contributed by atoms with Crippen molar-refractivity contribution in [3.05, 3.63) is 40.7 Å². The molecular formula is C20H25N3OS. The summed E-state index contributed by atoms with van der Waals surface area (Å²) in [5, 5.41) is 9.53. The zero-order valence-corrected chi connectivity index (χ0v) is 16.0. The topological polar surface area (TPSA) is 47.8 Å². The van der Waals surface area contributed by atoms with E-state index in [2.05, 4.69) is 40.7 Å². The fourth-order valence-electron chi connectivity index (χ4n) is 3.61. The second-order valence-corrected chi connectivity index (χ2v) is 8.87. The highest BCUT2D eigenvalue weighted by Crippen LogP contribution is 2.41. The molecule has 0 aliphatic heterocycles. The Morgan fingerprint density at radius 2 is 1.92 bits per heavy atom. The first kappa shape index (κ1) is 16.8. The van der Waals surface area contributed by atoms with Crippen LogP contribution in [0.15, 0.2) is 23.4 Å². The third kappa shape index (κ3) is 3.26. The van der Waals surface area contributed by atoms with Crippen LogP contribution in [0.25, 0.3) is 0 Å². The Hall–Kier alpha value is -1.62. The number of nitrogens with zero attached hydrogens (tertiary/aromatic N) is 3. The fraction of sp³-hybridized carbons (Fsp3) is 0.550. The Balaban J connectivity index is 1.54. The van der Waals surface area contributed by atoms with Gasteiger partial charge in [-0.25, -0.2) is 0 Å². The standard InChI is InChI=1S/C20H25N3OS/c1-12(2)19-21-22-20(23(19)17-9-10-17)25-13(3)18(24)16-8-7-14-5-4-6-15(14)11-16/h7-8,11-13,17H,4-6,9-10H2,1-3H3. The molecule has 5 heteroatoms. The van der Waals surface area contributed by atoms with Crippen LogP contribution in [0.2, 0.25) is 0 Å². The molecule has 1 heterocycles. The molecule has 0 spiro atoms. The molecule has 2 aromatic rings. The minimum absolute atomic E-state index is 0.152. The van der Waals surface area contributed by atoms with Gasteiger partial charge in [-0.1, -0.05) is 37.7 Å². The molecule has 1 unspecified atom stereocenters. The highest BCUT2D eigenvalue weighted by molar-refractivity contribution is 8.00. The van der Waals surface area contributed by atoms with Crippen molar-refractivity contribution in [2.75, 3.05) is 0 Å². The van der Waals surface area contributed by atoms with Crippen LogP contribution in [0.5, 0.6) is 0 Å². The van der Waals surface area contributed by atoms with E-state index in [0.717, 1.165) is 29.4 Å². The summed E-state index contributed by atoms with van der Waals surface area (Å²) in [6, 6.07) is 6.76. The molecule has 132 valence electrons. The van der Waals surface area contributed by atoms with E-state index < -0.39 is 0 Å². The molecule has 1 aromatic carbocycles. The normalized spacial score (nSPS) is 17.8. The van der Waals surface area contributed by atoms with E-state index in [1.807, 2.05) is 13.0 Å². The SMILES string of the molecule is CC(Sc1nnc(C(C)C)n1C1CC1)C(=O)c1ccc2c(c1)CCC2. The second kappa shape index (κ2) is 6.60. The predicted molar refractivity (Wildman–Crippen MR) is 100 cm³/mol. The van der Waals surface area contributed by atoms with Gasteiger partial charge in [0.1, 0.15) is 5.82 Å². The number of hydrogen-bond donors (Lipinski definition) is 0. The van der Waals surface area contributed by atoms with E-state index in [1.54, 1.807) is 11.8 Å². The Kier molecular flexibility index (Phi) is 4.44. The summed E-state index contributed by atoms with van der Waals surface area (Å²) in [5.41, 5.74) is 3.60. The number of thioether (sulfide) groups is 1. The van der Waals surface area contributed by atoms with E-state index >= 15 is 0 Å². The lowest BCUT2D eigenvalue weighted by atomic mass is 10.0. The molecule has 1 saturated carbocycles. The minimum Gasteiger partial charge on any atom is -0.303 e. The van der Waals surface area contributed by atoms with Crippen molar-refractivity contribution in [3.8, 4) is 0 Å². The zero-order valence-electron chi connectivity index (χ0n) is 15.2. The van der Waals surface area contributed by atoms with Crippen LogP contribution in [0.1, 0.15) is 79.3 Å². The number of benzene rings is 1. The summed E-state index contributed by atoms with van der Waals surface area (Å²) < 4.78 is 2.27. The molecule has 0 saturated heterocycles. The first-order valence-corrected chi connectivity index (χ1v) is 10.2. The van der Waals surface area contributed by atoms with Crippen LogP contribution in [-0.4, -0.2) is 25.8 Å². The zero-order chi connectivity index (χ0) is 17.6. The Bertz CT molecular complexity index is 807. The van der Waals surface area contributed by atoms with Crippen molar-refractivity contribution < 1.29 is 4.79 Å². The van der Waals surface area contributed by atoms with Crippen LogP contribution in [0.4, 0.5) is 0 Å². The maximum atomic E-state index is 12.9. The minimum atomic E-state index is -0.152. The van der Waals surface area contributed by atoms with Gasteiger partial charge in [0.05, 0.1) is 5.25 Å². The number of aryl methyl sites for hydroxylation is 2. The Morgan fingerprint density at radius 3 is 2.64 bits per heavy atom. The maximum absolute atomic E-state index is 12.9. The van der Waals surface area contributed by atoms with Crippen molar-refractivity contribution in [2.45, 2.75) is 75.2 Å². The molecule has 2 aliphatic rings. The van der Waals surface area contributed by atoms with Crippen molar-refractivity contribution in [2.24, 2.45) is 0 Å². The number of rotatable bonds is 6. The molecule has 4 rings (SSSR count). The molecule has 1 atom stereocenters. The first-order chi connectivity index (χ1) is 12.0. The molecule has 0 N–H and O–H groups in total. The van der Waals surface area contributed by atoms with Crippen molar-refractivity contribution in [1.82, 2.24) is 14.8 Å². The molecule has 0 radical (unpaired) electrons. The summed E-state index contributed by atoms with van der Waals surface area (Å²) in [7, 11) is 0. The predicted octanol–water partition coefficient (Wildman–Crippen LogP) is 4.59. The fourth-order valence-corrected chi connectivity index (χ4v) is 4.61. The number of fused-ring (bicyclic) bond motifs is 1. The van der Waals surface area contributed by atoms with Crippen molar-refractivity contribution >= 4 is 17.5 Å². The highest BCUT2D eigenvalue weighted by atomic mass is 32.2. The van der Waals surface area contributed by atoms with Crippen LogP contribution in [-0.2, 0) is 12.8 Å². The van der Waals surface area contributed by atoms with Crippen LogP contribution in [0, 0.1) is 0 Å². The van der Waals surface area contributed by atoms with Gasteiger partial charge in [-0.15, -0.1) is 10.2 Å². The maximum Gasteiger partial charge on any atom is 0.192 e. The van der Waals surface area contributed by atoms with Gasteiger partial charge < -0.3 is 4.57 Å². The molecule has 25 heavy (non-hydrogen) atoms. The molecule has 1 fully saturated rings. The third-order valence-corrected chi connectivity index (χ3v) is 6.21. The van der Waals surface area contributed by atoms with E-state index in [0.29, 0.717) is 12.0 Å². The Morgan fingerprint density at radius 1 is 1.16 bits per heavy atom. The van der Waals surface area contributed by atoms with E-state index in [-0.39, 0.29) is 11.0 Å². The van der Waals surface area contributed by atoms with Gasteiger partial charge in [0, 0.05) is 17.5 Å². The summed E-state index contributed by atoms with van der Waals surface area (Å²) in [6.45, 7) is 6.29. The molecule has 0 amide bonds. The number of Topliss-reactive ketones (excluding diaryl/α,β-unsaturated/α-hetero) is 1. The van der Waals surface area contributed by atoms with Crippen molar-refractivity contribution in [3.63, 3.8) is 0 Å². The Labute approximate surface area is 153 Å². The third-order valence-electron chi connectivity index (χ3n) is 5.15. The summed E-state index contributed by atoms with van der Waals surface area (Å²) >= 11 is 1.55. The van der Waals surface area contributed by atoms with E-state index in [4.69, 9.17) is 0 Å². The molecular weight excluding hydrogens is 330 g/mol. The largest absolute Gasteiger partial charge is 0.303 e. The number of hydrogen-bond acceptors (Lipinski definition) is 4. The lowest BCUT2D eigenvalue weighted by molar-refractivity contribution is 0.0993. The van der Waals surface area contributed by atoms with Crippen molar-refractivity contribution in [1.29, 1.82) is 0 Å². The number of carbonyl (C=O) groups excluding carboxylic acids is 1. The monoisotopic (exact) mass is 355 g/mol. The average molecular weight is 356 g/mol. The van der Waals surface area contributed by atoms with Gasteiger partial charge in [0.25, 0.3) is 0 Å². The number of aromatic nitrogens is 3. The van der Waals surface area contributed by atoms with Gasteiger partial charge in [0.2, 0.25) is 0 Å². The molecule has 1 aromatic heterocycles. The van der Waals surface area contributed by atoms with Crippen LogP contribution in [0.3, 0.4) is 0 Å². The summed E-state index contributed by atoms with van der Waals surface area (Å²) in [6.07, 6.45) is 5.85. The number of ketones is 1. The molecule has 0 bridgehead atoms. The van der Waals surface area contributed by atoms with Gasteiger partial charge in [-0.3, -0.25) is 4.79 Å². The number of carbonyl (C=O) groups is 1. The van der Waals surface area contributed by atoms with Gasteiger partial charge >= 0.3 is 0 Å². The second-order valence-electron chi connectivity index (χ2n) is 7.56. The first-order valence-electron chi connectivity index (χ1n) is 9.32. The molecule has 4 nitrogen and oxygen atoms in total. The summed E-state index contributed by atoms with van der Waals surface area (Å²) in [5.74, 6) is 1.59. The average Bonchev–Trinajstić information content (AvgIpc) is 3.17. The van der Waals surface area contributed by atoms with Gasteiger partial charge in [-0.2, -0.15) is 0 Å². The van der Waals surface area contributed by atoms with E-state index in [1.165, 1.54) is 30.4 Å². The summed E-state index contributed by atoms with van der Waals surface area (Å²) in [4.78, 5) is 12.9. The lowest BCUT2D eigenvalue weighted by Gasteiger charge is -2.14. The van der Waals surface area contributed by atoms with Gasteiger partial charge in [-0.05, 0) is 56.2 Å². The quantitative estimate of drug-likeness (QED) is 0.562. The lowest BCUT2D eigenvalue weighted by Crippen LogP contribution is -2.15. The smallest absolute Gasteiger partial charge is 0.192 e.